The van der Waals surface area contributed by atoms with E-state index in [0.29, 0.717) is 52.8 Å². The maximum atomic E-state index is 13.1. The fourth-order valence-corrected chi connectivity index (χ4v) is 4.11. The van der Waals surface area contributed by atoms with E-state index < -0.39 is 0 Å². The van der Waals surface area contributed by atoms with Crippen molar-refractivity contribution in [2.45, 2.75) is 13.0 Å². The monoisotopic (exact) mass is 459 g/mol. The molecular weight excluding hydrogens is 434 g/mol. The molecule has 32 heavy (non-hydrogen) atoms. The molecule has 1 unspecified atom stereocenters. The molecule has 1 atom stereocenters. The second kappa shape index (κ2) is 10.3. The molecule has 0 bridgehead atoms. The lowest BCUT2D eigenvalue weighted by atomic mass is 10.1. The van der Waals surface area contributed by atoms with Gasteiger partial charge in [-0.25, -0.2) is 9.97 Å². The summed E-state index contributed by atoms with van der Waals surface area (Å²) in [7, 11) is 0. The van der Waals surface area contributed by atoms with Crippen LogP contribution in [0, 0.1) is 6.92 Å². The highest BCUT2D eigenvalue weighted by atomic mass is 35.5. The first-order valence-corrected chi connectivity index (χ1v) is 10.9. The zero-order valence-corrected chi connectivity index (χ0v) is 18.6. The third-order valence-electron chi connectivity index (χ3n) is 5.46. The van der Waals surface area contributed by atoms with Crippen molar-refractivity contribution >= 4 is 28.4 Å². The molecule has 4 rings (SSSR count). The van der Waals surface area contributed by atoms with Crippen LogP contribution in [0.5, 0.6) is 5.75 Å². The van der Waals surface area contributed by atoms with E-state index in [-0.39, 0.29) is 25.2 Å². The predicted octanol–water partition coefficient (Wildman–Crippen LogP) is 2.09. The highest BCUT2D eigenvalue weighted by molar-refractivity contribution is 6.38. The minimum atomic E-state index is -0.307. The van der Waals surface area contributed by atoms with E-state index in [1.54, 1.807) is 30.7 Å². The minimum absolute atomic E-state index is 0.0941. The van der Waals surface area contributed by atoms with Crippen molar-refractivity contribution < 1.29 is 19.4 Å². The number of aromatic nitrogens is 3. The van der Waals surface area contributed by atoms with Gasteiger partial charge in [-0.15, -0.1) is 0 Å². The van der Waals surface area contributed by atoms with Gasteiger partial charge in [-0.1, -0.05) is 11.6 Å². The van der Waals surface area contributed by atoms with Crippen LogP contribution in [0.3, 0.4) is 0 Å². The van der Waals surface area contributed by atoms with Crippen LogP contribution in [0.4, 0.5) is 0 Å². The summed E-state index contributed by atoms with van der Waals surface area (Å²) in [5.41, 5.74) is 1.92. The number of H-pyrrole nitrogens is 1. The van der Waals surface area contributed by atoms with Gasteiger partial charge in [-0.3, -0.25) is 9.69 Å². The maximum Gasteiger partial charge on any atom is 0.253 e. The van der Waals surface area contributed by atoms with Crippen molar-refractivity contribution in [3.63, 3.8) is 0 Å². The number of carbonyl (C=O) groups is 1. The Labute approximate surface area is 190 Å². The Morgan fingerprint density at radius 1 is 1.38 bits per heavy atom. The zero-order valence-electron chi connectivity index (χ0n) is 17.8. The number of nitrogens with one attached hydrogen (secondary N) is 2. The van der Waals surface area contributed by atoms with Crippen LogP contribution < -0.4 is 10.1 Å². The molecule has 9 nitrogen and oxygen atoms in total. The summed E-state index contributed by atoms with van der Waals surface area (Å²) in [4.78, 5) is 27.1. The van der Waals surface area contributed by atoms with E-state index >= 15 is 0 Å². The third kappa shape index (κ3) is 4.86. The molecule has 1 saturated heterocycles. The van der Waals surface area contributed by atoms with Crippen molar-refractivity contribution in [2.75, 3.05) is 46.1 Å². The number of morpholine rings is 1. The lowest BCUT2D eigenvalue weighted by Crippen LogP contribution is -2.44. The van der Waals surface area contributed by atoms with Crippen molar-refractivity contribution in [1.82, 2.24) is 25.2 Å². The van der Waals surface area contributed by atoms with Gasteiger partial charge < -0.3 is 24.9 Å². The first-order valence-electron chi connectivity index (χ1n) is 10.5. The fraction of sp³-hybridized carbons (Fsp3) is 0.409. The van der Waals surface area contributed by atoms with Crippen LogP contribution >= 0.6 is 11.6 Å². The Hall–Kier alpha value is -2.72. The molecule has 1 aliphatic heterocycles. The topological polar surface area (TPSA) is 113 Å². The molecule has 10 heteroatoms. The second-order valence-electron chi connectivity index (χ2n) is 7.51. The number of aliphatic hydroxyl groups is 1. The SMILES string of the molecule is Cc1ncc(C(CNC(=O)c2cc(OCCO)c3[nH]ccc3c2Cl)N2CCOCC2)cn1. The molecule has 2 aromatic heterocycles. The number of benzene rings is 1. The van der Waals surface area contributed by atoms with Crippen molar-refractivity contribution in [1.29, 1.82) is 0 Å². The number of carbonyl (C=O) groups excluding carboxylic acids is 1. The molecule has 1 amide bonds. The van der Waals surface area contributed by atoms with E-state index in [2.05, 4.69) is 25.2 Å². The quantitative estimate of drug-likeness (QED) is 0.472. The molecule has 3 N–H and O–H groups in total. The number of hydrogen-bond donors (Lipinski definition) is 3. The summed E-state index contributed by atoms with van der Waals surface area (Å²) in [6, 6.07) is 3.30. The number of fused-ring (bicyclic) bond motifs is 1. The number of hydrogen-bond acceptors (Lipinski definition) is 7. The van der Waals surface area contributed by atoms with Crippen LogP contribution in [0.2, 0.25) is 5.02 Å². The van der Waals surface area contributed by atoms with Crippen LogP contribution in [0.25, 0.3) is 10.9 Å². The van der Waals surface area contributed by atoms with E-state index in [0.717, 1.165) is 18.7 Å². The van der Waals surface area contributed by atoms with Crippen LogP contribution in [0.1, 0.15) is 27.8 Å². The Balaban J connectivity index is 1.57. The minimum Gasteiger partial charge on any atom is -0.489 e. The highest BCUT2D eigenvalue weighted by Crippen LogP contribution is 2.34. The summed E-state index contributed by atoms with van der Waals surface area (Å²) in [5, 5.41) is 13.2. The summed E-state index contributed by atoms with van der Waals surface area (Å²) < 4.78 is 11.1. The van der Waals surface area contributed by atoms with Crippen LogP contribution in [-0.4, -0.2) is 76.9 Å². The molecule has 0 aliphatic carbocycles. The molecule has 3 aromatic rings. The van der Waals surface area contributed by atoms with Gasteiger partial charge in [0.1, 0.15) is 18.2 Å². The number of rotatable bonds is 8. The number of aryl methyl sites for hydroxylation is 1. The largest absolute Gasteiger partial charge is 0.489 e. The Morgan fingerprint density at radius 3 is 2.84 bits per heavy atom. The second-order valence-corrected chi connectivity index (χ2v) is 7.89. The van der Waals surface area contributed by atoms with Gasteiger partial charge in [0.05, 0.1) is 42.0 Å². The number of aromatic amines is 1. The average molecular weight is 460 g/mol. The molecule has 170 valence electrons. The lowest BCUT2D eigenvalue weighted by molar-refractivity contribution is 0.0161. The normalized spacial score (nSPS) is 15.6. The first kappa shape index (κ1) is 22.5. The smallest absolute Gasteiger partial charge is 0.253 e. The van der Waals surface area contributed by atoms with E-state index in [1.807, 2.05) is 6.92 Å². The standard InChI is InChI=1S/C22H26ClN5O4/c1-14-25-11-15(12-26-14)18(28-4-7-31-8-5-28)13-27-22(30)17-10-19(32-9-6-29)21-16(20(17)23)2-3-24-21/h2-3,10-12,18,24,29H,4-9,13H2,1H3,(H,27,30). The Morgan fingerprint density at radius 2 is 2.12 bits per heavy atom. The van der Waals surface area contributed by atoms with Gasteiger partial charge in [0.15, 0.2) is 0 Å². The summed E-state index contributed by atoms with van der Waals surface area (Å²) >= 11 is 6.55. The first-order chi connectivity index (χ1) is 15.6. The predicted molar refractivity (Wildman–Crippen MR) is 120 cm³/mol. The Bertz CT molecular complexity index is 1070. The molecule has 1 aliphatic rings. The van der Waals surface area contributed by atoms with Gasteiger partial charge in [-0.2, -0.15) is 0 Å². The number of ether oxygens (including phenoxy) is 2. The number of nitrogens with zero attached hydrogens (tertiary/aromatic N) is 3. The number of halogens is 1. The Kier molecular flexibility index (Phi) is 7.21. The zero-order chi connectivity index (χ0) is 22.5. The van der Waals surface area contributed by atoms with Gasteiger partial charge >= 0.3 is 0 Å². The van der Waals surface area contributed by atoms with Crippen molar-refractivity contribution in [3.8, 4) is 5.75 Å². The average Bonchev–Trinajstić information content (AvgIpc) is 3.31. The third-order valence-corrected chi connectivity index (χ3v) is 5.87. The van der Waals surface area contributed by atoms with E-state index in [9.17, 15) is 4.79 Å². The van der Waals surface area contributed by atoms with Crippen molar-refractivity contribution in [3.05, 3.63) is 52.7 Å². The van der Waals surface area contributed by atoms with Crippen LogP contribution in [-0.2, 0) is 4.74 Å². The molecular formula is C22H26ClN5O4. The van der Waals surface area contributed by atoms with Gasteiger partial charge in [-0.05, 0) is 19.1 Å². The molecule has 1 aromatic carbocycles. The van der Waals surface area contributed by atoms with Crippen LogP contribution in [0.15, 0.2) is 30.7 Å². The highest BCUT2D eigenvalue weighted by Gasteiger charge is 2.25. The molecule has 1 fully saturated rings. The van der Waals surface area contributed by atoms with Gasteiger partial charge in [0, 0.05) is 49.2 Å². The summed E-state index contributed by atoms with van der Waals surface area (Å²) in [6.07, 6.45) is 5.33. The maximum absolute atomic E-state index is 13.1. The van der Waals surface area contributed by atoms with Gasteiger partial charge in [0.2, 0.25) is 0 Å². The molecule has 0 radical (unpaired) electrons. The molecule has 0 saturated carbocycles. The number of aliphatic hydroxyl groups excluding tert-OH is 1. The van der Waals surface area contributed by atoms with E-state index in [1.165, 1.54) is 0 Å². The summed E-state index contributed by atoms with van der Waals surface area (Å²) in [6.45, 7) is 4.96. The van der Waals surface area contributed by atoms with E-state index in [4.69, 9.17) is 26.2 Å². The molecule has 0 spiro atoms. The fourth-order valence-electron chi connectivity index (χ4n) is 3.81. The van der Waals surface area contributed by atoms with Crippen molar-refractivity contribution in [2.24, 2.45) is 0 Å². The number of amides is 1. The summed E-state index contributed by atoms with van der Waals surface area (Å²) in [5.74, 6) is 0.851. The lowest BCUT2D eigenvalue weighted by Gasteiger charge is -2.34. The van der Waals surface area contributed by atoms with Gasteiger partial charge in [0.25, 0.3) is 5.91 Å². The molecule has 3 heterocycles.